The predicted molar refractivity (Wildman–Crippen MR) is 115 cm³/mol. The Hall–Kier alpha value is -2.08. The minimum Gasteiger partial charge on any atom is -0.481 e. The predicted octanol–water partition coefficient (Wildman–Crippen LogP) is 5.56. The number of rotatable bonds is 3. The van der Waals surface area contributed by atoms with Gasteiger partial charge in [-0.1, -0.05) is 70.0 Å². The van der Waals surface area contributed by atoms with Crippen LogP contribution in [0.2, 0.25) is 5.15 Å². The average Bonchev–Trinajstić information content (AvgIpc) is 3.15. The third kappa shape index (κ3) is 2.57. The molecule has 5 rings (SSSR count). The van der Waals surface area contributed by atoms with Gasteiger partial charge in [0.2, 0.25) is 5.88 Å². The van der Waals surface area contributed by atoms with Crippen molar-refractivity contribution in [1.29, 1.82) is 0 Å². The molecule has 0 amide bonds. The summed E-state index contributed by atoms with van der Waals surface area (Å²) in [6.07, 6.45) is 1.29. The topological polar surface area (TPSA) is 51.6 Å². The van der Waals surface area contributed by atoms with Crippen molar-refractivity contribution < 1.29 is 14.6 Å². The van der Waals surface area contributed by atoms with E-state index in [2.05, 4.69) is 33.0 Å². The van der Waals surface area contributed by atoms with Gasteiger partial charge in [-0.2, -0.15) is 0 Å². The molecular weight excluding hydrogens is 454 g/mol. The SMILES string of the molecule is COc1nc(Cl)cc2c1[C@]1(O)CCC(c3ccccc3)[C@]1(c1ccc(Br)cc1)O2. The molecule has 6 heteroatoms. The van der Waals surface area contributed by atoms with Crippen molar-refractivity contribution in [3.05, 3.63) is 87.0 Å². The molecule has 2 aliphatic rings. The van der Waals surface area contributed by atoms with Gasteiger partial charge in [-0.3, -0.25) is 0 Å². The summed E-state index contributed by atoms with van der Waals surface area (Å²) in [5.41, 5.74) is 0.309. The fourth-order valence-electron chi connectivity index (χ4n) is 5.03. The monoisotopic (exact) mass is 471 g/mol. The van der Waals surface area contributed by atoms with Gasteiger partial charge in [-0.25, -0.2) is 4.98 Å². The molecule has 2 heterocycles. The zero-order valence-electron chi connectivity index (χ0n) is 15.7. The maximum Gasteiger partial charge on any atom is 0.224 e. The van der Waals surface area contributed by atoms with Crippen molar-refractivity contribution in [1.82, 2.24) is 4.98 Å². The number of ether oxygens (including phenoxy) is 2. The first kappa shape index (κ1) is 18.9. The summed E-state index contributed by atoms with van der Waals surface area (Å²) in [7, 11) is 1.53. The van der Waals surface area contributed by atoms with Gasteiger partial charge in [0.1, 0.15) is 16.5 Å². The summed E-state index contributed by atoms with van der Waals surface area (Å²) < 4.78 is 13.1. The van der Waals surface area contributed by atoms with E-state index in [1.54, 1.807) is 6.07 Å². The first-order chi connectivity index (χ1) is 14.0. The summed E-state index contributed by atoms with van der Waals surface area (Å²) in [5.74, 6) is 0.779. The fraction of sp³-hybridized carbons (Fsp3) is 0.261. The first-order valence-corrected chi connectivity index (χ1v) is 10.6. The molecule has 4 nitrogen and oxygen atoms in total. The van der Waals surface area contributed by atoms with E-state index in [0.717, 1.165) is 22.0 Å². The lowest BCUT2D eigenvalue weighted by Gasteiger charge is -2.40. The minimum atomic E-state index is -1.29. The van der Waals surface area contributed by atoms with Crippen LogP contribution < -0.4 is 9.47 Å². The molecule has 1 saturated carbocycles. The lowest BCUT2D eigenvalue weighted by atomic mass is 9.72. The number of benzene rings is 2. The quantitative estimate of drug-likeness (QED) is 0.507. The van der Waals surface area contributed by atoms with E-state index >= 15 is 0 Å². The Morgan fingerprint density at radius 2 is 1.90 bits per heavy atom. The molecule has 1 aromatic heterocycles. The van der Waals surface area contributed by atoms with Crippen LogP contribution in [0.3, 0.4) is 0 Å². The zero-order chi connectivity index (χ0) is 20.2. The second-order valence-electron chi connectivity index (χ2n) is 7.53. The van der Waals surface area contributed by atoms with Crippen LogP contribution in [-0.4, -0.2) is 17.2 Å². The number of aromatic nitrogens is 1. The van der Waals surface area contributed by atoms with Gasteiger partial charge >= 0.3 is 0 Å². The number of hydrogen-bond donors (Lipinski definition) is 1. The second kappa shape index (κ2) is 6.73. The maximum atomic E-state index is 12.2. The summed E-state index contributed by atoms with van der Waals surface area (Å²) in [4.78, 5) is 4.30. The number of fused-ring (bicyclic) bond motifs is 3. The first-order valence-electron chi connectivity index (χ1n) is 9.47. The van der Waals surface area contributed by atoms with E-state index < -0.39 is 11.2 Å². The molecular formula is C23H19BrClNO3. The number of halogens is 2. The van der Waals surface area contributed by atoms with E-state index in [1.807, 2.05) is 42.5 Å². The van der Waals surface area contributed by atoms with Crippen molar-refractivity contribution in [3.8, 4) is 11.6 Å². The molecule has 3 aromatic rings. The molecule has 1 N–H and O–H groups in total. The van der Waals surface area contributed by atoms with E-state index in [4.69, 9.17) is 21.1 Å². The second-order valence-corrected chi connectivity index (χ2v) is 8.84. The molecule has 0 spiro atoms. The van der Waals surface area contributed by atoms with Gasteiger partial charge in [-0.05, 0) is 36.1 Å². The summed E-state index contributed by atoms with van der Waals surface area (Å²) in [5, 5.41) is 12.5. The Bertz CT molecular complexity index is 1080. The molecule has 0 radical (unpaired) electrons. The largest absolute Gasteiger partial charge is 0.481 e. The molecule has 2 aromatic carbocycles. The van der Waals surface area contributed by atoms with Gasteiger partial charge in [0, 0.05) is 16.5 Å². The van der Waals surface area contributed by atoms with Crippen molar-refractivity contribution in [2.24, 2.45) is 0 Å². The van der Waals surface area contributed by atoms with Gasteiger partial charge in [0.25, 0.3) is 0 Å². The lowest BCUT2D eigenvalue weighted by Crippen LogP contribution is -2.48. The van der Waals surface area contributed by atoms with E-state index in [1.165, 1.54) is 7.11 Å². The normalized spacial score (nSPS) is 27.2. The Kier molecular flexibility index (Phi) is 4.39. The van der Waals surface area contributed by atoms with E-state index in [0.29, 0.717) is 23.6 Å². The highest BCUT2D eigenvalue weighted by atomic mass is 79.9. The highest BCUT2D eigenvalue weighted by Crippen LogP contribution is 2.68. The molecule has 29 heavy (non-hydrogen) atoms. The van der Waals surface area contributed by atoms with Crippen molar-refractivity contribution in [2.45, 2.75) is 30.0 Å². The Labute approximate surface area is 182 Å². The lowest BCUT2D eigenvalue weighted by molar-refractivity contribution is -0.106. The van der Waals surface area contributed by atoms with Crippen LogP contribution in [0.1, 0.15) is 35.4 Å². The van der Waals surface area contributed by atoms with Gasteiger partial charge in [0.05, 0.1) is 12.7 Å². The molecule has 1 unspecified atom stereocenters. The van der Waals surface area contributed by atoms with Crippen molar-refractivity contribution >= 4 is 27.5 Å². The number of nitrogens with zero attached hydrogens (tertiary/aromatic N) is 1. The summed E-state index contributed by atoms with van der Waals surface area (Å²) >= 11 is 9.72. The summed E-state index contributed by atoms with van der Waals surface area (Å²) in [6, 6.07) is 19.8. The average molecular weight is 473 g/mol. The number of methoxy groups -OCH3 is 1. The number of pyridine rings is 1. The third-order valence-electron chi connectivity index (χ3n) is 6.17. The highest BCUT2D eigenvalue weighted by molar-refractivity contribution is 9.10. The van der Waals surface area contributed by atoms with Crippen LogP contribution in [0.4, 0.5) is 0 Å². The standard InChI is InChI=1S/C23H19BrClNO3/c1-28-21-20-18(13-19(25)26-21)29-23(15-7-9-16(24)10-8-15)17(11-12-22(20,23)27)14-5-3-2-4-6-14/h2-10,13,17,27H,11-12H2,1H3/t17?,22-,23+/m1/s1. The Morgan fingerprint density at radius 3 is 2.59 bits per heavy atom. The molecule has 148 valence electrons. The van der Waals surface area contributed by atoms with Crippen LogP contribution in [-0.2, 0) is 11.2 Å². The van der Waals surface area contributed by atoms with Crippen LogP contribution in [0, 0.1) is 0 Å². The maximum absolute atomic E-state index is 12.2. The smallest absolute Gasteiger partial charge is 0.224 e. The molecule has 1 fully saturated rings. The molecule has 0 saturated heterocycles. The highest BCUT2D eigenvalue weighted by Gasteiger charge is 2.69. The van der Waals surface area contributed by atoms with Crippen LogP contribution in [0.15, 0.2) is 65.1 Å². The molecule has 1 aliphatic carbocycles. The van der Waals surface area contributed by atoms with E-state index in [9.17, 15) is 5.11 Å². The molecule has 0 bridgehead atoms. The van der Waals surface area contributed by atoms with Crippen molar-refractivity contribution in [2.75, 3.05) is 7.11 Å². The van der Waals surface area contributed by atoms with Crippen LogP contribution >= 0.6 is 27.5 Å². The van der Waals surface area contributed by atoms with Crippen LogP contribution in [0.25, 0.3) is 0 Å². The van der Waals surface area contributed by atoms with Crippen LogP contribution in [0.5, 0.6) is 11.6 Å². The van der Waals surface area contributed by atoms with Gasteiger partial charge < -0.3 is 14.6 Å². The van der Waals surface area contributed by atoms with E-state index in [-0.39, 0.29) is 11.1 Å². The minimum absolute atomic E-state index is 0.0502. The molecule has 3 atom stereocenters. The summed E-state index contributed by atoms with van der Waals surface area (Å²) in [6.45, 7) is 0. The Morgan fingerprint density at radius 1 is 1.17 bits per heavy atom. The molecule has 1 aliphatic heterocycles. The van der Waals surface area contributed by atoms with Gasteiger partial charge in [0.15, 0.2) is 5.60 Å². The Balaban J connectivity index is 1.79. The third-order valence-corrected chi connectivity index (χ3v) is 6.89. The number of aliphatic hydroxyl groups is 1. The van der Waals surface area contributed by atoms with Gasteiger partial charge in [-0.15, -0.1) is 0 Å². The zero-order valence-corrected chi connectivity index (χ0v) is 18.1. The fourth-order valence-corrected chi connectivity index (χ4v) is 5.47. The van der Waals surface area contributed by atoms with Crippen molar-refractivity contribution in [3.63, 3.8) is 0 Å². The number of hydrogen-bond acceptors (Lipinski definition) is 4.